The van der Waals surface area contributed by atoms with E-state index >= 15 is 0 Å². The molecule has 29 heavy (non-hydrogen) atoms. The monoisotopic (exact) mass is 388 g/mol. The van der Waals surface area contributed by atoms with E-state index in [-0.39, 0.29) is 0 Å². The summed E-state index contributed by atoms with van der Waals surface area (Å²) < 4.78 is 19.8. The van der Waals surface area contributed by atoms with Crippen LogP contribution in [0.5, 0.6) is 11.5 Å². The first-order valence-corrected chi connectivity index (χ1v) is 9.34. The molecule has 5 heterocycles. The van der Waals surface area contributed by atoms with Crippen LogP contribution in [0.1, 0.15) is 12.0 Å². The molecule has 0 aliphatic carbocycles. The maximum Gasteiger partial charge on any atom is 0.231 e. The third-order valence-electron chi connectivity index (χ3n) is 4.99. The second-order valence-corrected chi connectivity index (χ2v) is 6.82. The molecular weight excluding hydrogens is 372 g/mol. The largest absolute Gasteiger partial charge is 0.461 e. The van der Waals surface area contributed by atoms with Gasteiger partial charge >= 0.3 is 0 Å². The van der Waals surface area contributed by atoms with Crippen molar-refractivity contribution in [2.75, 3.05) is 6.79 Å². The van der Waals surface area contributed by atoms with E-state index in [1.165, 1.54) is 5.56 Å². The number of hydrogen-bond acceptors (Lipinski definition) is 7. The molecule has 1 aromatic carbocycles. The summed E-state index contributed by atoms with van der Waals surface area (Å²) in [5.74, 6) is 2.77. The predicted molar refractivity (Wildman–Crippen MR) is 103 cm³/mol. The molecule has 144 valence electrons. The van der Waals surface area contributed by atoms with Crippen LogP contribution < -0.4 is 9.47 Å². The van der Waals surface area contributed by atoms with Gasteiger partial charge in [0.15, 0.2) is 28.6 Å². The average molecular weight is 388 g/mol. The first-order valence-electron chi connectivity index (χ1n) is 9.34. The average Bonchev–Trinajstić information content (AvgIpc) is 3.52. The molecule has 5 aromatic rings. The van der Waals surface area contributed by atoms with Crippen LogP contribution in [-0.4, -0.2) is 36.2 Å². The van der Waals surface area contributed by atoms with E-state index in [0.717, 1.165) is 41.9 Å². The molecule has 9 nitrogen and oxygen atoms in total. The lowest BCUT2D eigenvalue weighted by Crippen LogP contribution is -2.03. The van der Waals surface area contributed by atoms with Crippen LogP contribution in [0, 0.1) is 0 Å². The number of furan rings is 1. The molecule has 0 saturated heterocycles. The van der Waals surface area contributed by atoms with E-state index in [1.807, 2.05) is 28.9 Å². The summed E-state index contributed by atoms with van der Waals surface area (Å²) in [6.07, 6.45) is 6.89. The number of rotatable bonds is 5. The molecule has 0 radical (unpaired) electrons. The molecule has 0 N–H and O–H groups in total. The Morgan fingerprint density at radius 3 is 2.97 bits per heavy atom. The minimum Gasteiger partial charge on any atom is -0.461 e. The van der Waals surface area contributed by atoms with Crippen LogP contribution in [0.3, 0.4) is 0 Å². The Labute approximate surface area is 164 Å². The lowest BCUT2D eigenvalue weighted by atomic mass is 10.1. The highest BCUT2D eigenvalue weighted by atomic mass is 16.7. The summed E-state index contributed by atoms with van der Waals surface area (Å²) in [7, 11) is 0. The van der Waals surface area contributed by atoms with Crippen LogP contribution in [-0.2, 0) is 13.0 Å². The van der Waals surface area contributed by atoms with Crippen molar-refractivity contribution in [3.8, 4) is 23.1 Å². The molecule has 0 fully saturated rings. The number of aromatic nitrogens is 6. The molecule has 0 saturated carbocycles. The summed E-state index contributed by atoms with van der Waals surface area (Å²) in [5, 5.41) is 9.81. The second kappa shape index (κ2) is 6.33. The topological polar surface area (TPSA) is 92.5 Å². The van der Waals surface area contributed by atoms with E-state index in [1.54, 1.807) is 23.3 Å². The Kier molecular flexibility index (Phi) is 3.52. The molecular formula is C20H16N6O3. The fourth-order valence-corrected chi connectivity index (χ4v) is 3.57. The molecule has 0 amide bonds. The highest BCUT2D eigenvalue weighted by Gasteiger charge is 2.15. The van der Waals surface area contributed by atoms with Gasteiger partial charge < -0.3 is 13.9 Å². The number of benzene rings is 1. The van der Waals surface area contributed by atoms with Crippen molar-refractivity contribution in [1.29, 1.82) is 0 Å². The lowest BCUT2D eigenvalue weighted by Gasteiger charge is -2.05. The van der Waals surface area contributed by atoms with Crippen molar-refractivity contribution in [2.45, 2.75) is 19.4 Å². The zero-order valence-electron chi connectivity index (χ0n) is 15.4. The van der Waals surface area contributed by atoms with E-state index in [9.17, 15) is 0 Å². The molecule has 0 spiro atoms. The number of ether oxygens (including phenoxy) is 2. The van der Waals surface area contributed by atoms with Crippen LogP contribution in [0.25, 0.3) is 28.3 Å². The fourth-order valence-electron chi connectivity index (χ4n) is 3.57. The van der Waals surface area contributed by atoms with Crippen molar-refractivity contribution in [2.24, 2.45) is 0 Å². The van der Waals surface area contributed by atoms with Gasteiger partial charge in [-0.2, -0.15) is 5.10 Å². The van der Waals surface area contributed by atoms with Crippen LogP contribution in [0.2, 0.25) is 0 Å². The summed E-state index contributed by atoms with van der Waals surface area (Å²) in [6.45, 7) is 1.04. The number of nitrogens with zero attached hydrogens (tertiary/aromatic N) is 6. The van der Waals surface area contributed by atoms with Crippen LogP contribution >= 0.6 is 0 Å². The number of aryl methyl sites for hydroxylation is 2. The van der Waals surface area contributed by atoms with Gasteiger partial charge in [-0.3, -0.25) is 0 Å². The third-order valence-corrected chi connectivity index (χ3v) is 4.99. The summed E-state index contributed by atoms with van der Waals surface area (Å²) in [6, 6.07) is 9.72. The third kappa shape index (κ3) is 2.70. The standard InChI is InChI=1S/C20H16N6O3/c1(3-13-5-6-15-17(9-13)29-12-28-15)7-25-19-14(10-22-25)20-23-18(16-4-2-8-27-16)24-26(20)11-21-19/h2,4-6,8-11H,1,3,7,12H2. The van der Waals surface area contributed by atoms with Gasteiger partial charge in [0.2, 0.25) is 12.6 Å². The highest BCUT2D eigenvalue weighted by Crippen LogP contribution is 2.32. The van der Waals surface area contributed by atoms with E-state index in [4.69, 9.17) is 13.9 Å². The van der Waals surface area contributed by atoms with E-state index in [2.05, 4.69) is 26.2 Å². The van der Waals surface area contributed by atoms with E-state index < -0.39 is 0 Å². The molecule has 6 rings (SSSR count). The Morgan fingerprint density at radius 1 is 1.07 bits per heavy atom. The highest BCUT2D eigenvalue weighted by molar-refractivity contribution is 5.88. The van der Waals surface area contributed by atoms with Gasteiger partial charge in [-0.15, -0.1) is 5.10 Å². The molecule has 1 aliphatic heterocycles. The number of hydrogen-bond donors (Lipinski definition) is 0. The quantitative estimate of drug-likeness (QED) is 0.457. The van der Waals surface area contributed by atoms with Crippen LogP contribution in [0.15, 0.2) is 53.5 Å². The van der Waals surface area contributed by atoms with E-state index in [0.29, 0.717) is 24.0 Å². The Bertz CT molecular complexity index is 1320. The van der Waals surface area contributed by atoms with Crippen molar-refractivity contribution >= 4 is 16.7 Å². The molecule has 4 aromatic heterocycles. The first-order chi connectivity index (χ1) is 14.3. The van der Waals surface area contributed by atoms with Gasteiger partial charge in [-0.25, -0.2) is 19.2 Å². The van der Waals surface area contributed by atoms with Gasteiger partial charge in [0.1, 0.15) is 6.33 Å². The summed E-state index contributed by atoms with van der Waals surface area (Å²) in [4.78, 5) is 9.13. The first kappa shape index (κ1) is 16.1. The van der Waals surface area contributed by atoms with Crippen molar-refractivity contribution in [3.63, 3.8) is 0 Å². The zero-order valence-corrected chi connectivity index (χ0v) is 15.4. The predicted octanol–water partition coefficient (Wildman–Crippen LogP) is 3.10. The van der Waals surface area contributed by atoms with Crippen molar-refractivity contribution in [1.82, 2.24) is 29.4 Å². The smallest absolute Gasteiger partial charge is 0.231 e. The van der Waals surface area contributed by atoms with Gasteiger partial charge in [-0.1, -0.05) is 6.07 Å². The summed E-state index contributed by atoms with van der Waals surface area (Å²) in [5.41, 5.74) is 2.71. The fraction of sp³-hybridized carbons (Fsp3) is 0.200. The Balaban J connectivity index is 1.24. The maximum absolute atomic E-state index is 5.45. The minimum absolute atomic E-state index is 0.294. The SMILES string of the molecule is c1coc(-c2nc3c4cnn(CCCc5ccc6c(c5)OCO6)c4ncn3n2)c1. The van der Waals surface area contributed by atoms with Gasteiger partial charge in [0.25, 0.3) is 0 Å². The molecule has 1 aliphatic rings. The van der Waals surface area contributed by atoms with Crippen molar-refractivity contribution < 1.29 is 13.9 Å². The second-order valence-electron chi connectivity index (χ2n) is 6.82. The minimum atomic E-state index is 0.294. The van der Waals surface area contributed by atoms with Gasteiger partial charge in [0.05, 0.1) is 17.8 Å². The Hall–Kier alpha value is -3.88. The molecule has 0 atom stereocenters. The maximum atomic E-state index is 5.45. The number of fused-ring (bicyclic) bond motifs is 4. The molecule has 0 unspecified atom stereocenters. The molecule has 0 bridgehead atoms. The molecule has 9 heteroatoms. The van der Waals surface area contributed by atoms with Crippen molar-refractivity contribution in [3.05, 3.63) is 54.7 Å². The van der Waals surface area contributed by atoms with Gasteiger partial charge in [0, 0.05) is 6.54 Å². The van der Waals surface area contributed by atoms with Gasteiger partial charge in [-0.05, 0) is 42.7 Å². The van der Waals surface area contributed by atoms with Crippen LogP contribution in [0.4, 0.5) is 0 Å². The summed E-state index contributed by atoms with van der Waals surface area (Å²) >= 11 is 0. The zero-order chi connectivity index (χ0) is 19.2. The Morgan fingerprint density at radius 2 is 2.03 bits per heavy atom. The lowest BCUT2D eigenvalue weighted by molar-refractivity contribution is 0.174. The normalized spacial score (nSPS) is 13.0.